The summed E-state index contributed by atoms with van der Waals surface area (Å²) in [4.78, 5) is 12.0. The van der Waals surface area contributed by atoms with Gasteiger partial charge in [-0.3, -0.25) is 4.79 Å². The van der Waals surface area contributed by atoms with E-state index in [1.807, 2.05) is 0 Å². The molecule has 4 heteroatoms. The van der Waals surface area contributed by atoms with Crippen LogP contribution >= 0.6 is 0 Å². The number of carbonyl (C=O) groups is 1. The van der Waals surface area contributed by atoms with Gasteiger partial charge in [0.05, 0.1) is 6.61 Å². The van der Waals surface area contributed by atoms with E-state index in [2.05, 4.69) is 5.32 Å². The number of benzene rings is 1. The molecule has 0 heterocycles. The zero-order valence-electron chi connectivity index (χ0n) is 11.2. The molecule has 1 aliphatic rings. The van der Waals surface area contributed by atoms with E-state index in [9.17, 15) is 14.3 Å². The van der Waals surface area contributed by atoms with Crippen LogP contribution in [0.2, 0.25) is 0 Å². The van der Waals surface area contributed by atoms with Crippen molar-refractivity contribution in [3.63, 3.8) is 0 Å². The molecule has 1 aromatic carbocycles. The van der Waals surface area contributed by atoms with Crippen molar-refractivity contribution < 1.29 is 14.3 Å². The molecule has 1 aromatic rings. The van der Waals surface area contributed by atoms with Gasteiger partial charge >= 0.3 is 0 Å². The largest absolute Gasteiger partial charge is 0.396 e. The van der Waals surface area contributed by atoms with Crippen LogP contribution in [0, 0.1) is 18.2 Å². The third-order valence-electron chi connectivity index (χ3n) is 4.04. The van der Waals surface area contributed by atoms with Gasteiger partial charge in [-0.1, -0.05) is 12.8 Å². The fraction of sp³-hybridized carbons (Fsp3) is 0.533. The summed E-state index contributed by atoms with van der Waals surface area (Å²) in [5, 5.41) is 12.3. The van der Waals surface area contributed by atoms with Gasteiger partial charge in [-0.15, -0.1) is 0 Å². The third-order valence-corrected chi connectivity index (χ3v) is 4.04. The second-order valence-corrected chi connectivity index (χ2v) is 5.51. The molecular formula is C15H20FNO2. The minimum atomic E-state index is -0.306. The van der Waals surface area contributed by atoms with Crippen molar-refractivity contribution in [1.82, 2.24) is 5.32 Å². The molecule has 104 valence electrons. The van der Waals surface area contributed by atoms with Crippen molar-refractivity contribution in [2.75, 3.05) is 13.2 Å². The highest BCUT2D eigenvalue weighted by Gasteiger charge is 2.33. The van der Waals surface area contributed by atoms with Gasteiger partial charge < -0.3 is 10.4 Å². The molecule has 1 aliphatic carbocycles. The maximum absolute atomic E-state index is 13.1. The topological polar surface area (TPSA) is 49.3 Å². The fourth-order valence-corrected chi connectivity index (χ4v) is 2.67. The van der Waals surface area contributed by atoms with Crippen molar-refractivity contribution in [1.29, 1.82) is 0 Å². The zero-order chi connectivity index (χ0) is 13.9. The van der Waals surface area contributed by atoms with Crippen LogP contribution in [0.25, 0.3) is 0 Å². The predicted molar refractivity (Wildman–Crippen MR) is 71.5 cm³/mol. The van der Waals surface area contributed by atoms with Crippen LogP contribution in [0.5, 0.6) is 0 Å². The van der Waals surface area contributed by atoms with Gasteiger partial charge in [0.15, 0.2) is 0 Å². The van der Waals surface area contributed by atoms with Crippen LogP contribution < -0.4 is 5.32 Å². The van der Waals surface area contributed by atoms with E-state index >= 15 is 0 Å². The average molecular weight is 265 g/mol. The van der Waals surface area contributed by atoms with Gasteiger partial charge in [0.1, 0.15) is 5.82 Å². The second kappa shape index (κ2) is 5.70. The molecule has 2 N–H and O–H groups in total. The number of aliphatic hydroxyl groups excluding tert-OH is 1. The van der Waals surface area contributed by atoms with Crippen molar-refractivity contribution in [3.8, 4) is 0 Å². The first-order valence-electron chi connectivity index (χ1n) is 6.72. The molecule has 0 bridgehead atoms. The third kappa shape index (κ3) is 3.13. The number of rotatable bonds is 4. The highest BCUT2D eigenvalue weighted by Crippen LogP contribution is 2.36. The van der Waals surface area contributed by atoms with Gasteiger partial charge in [-0.05, 0) is 43.5 Å². The number of aryl methyl sites for hydroxylation is 1. The molecule has 0 atom stereocenters. The molecule has 3 nitrogen and oxygen atoms in total. The minimum Gasteiger partial charge on any atom is -0.396 e. The smallest absolute Gasteiger partial charge is 0.251 e. The summed E-state index contributed by atoms with van der Waals surface area (Å²) in [6, 6.07) is 4.34. The fourth-order valence-electron chi connectivity index (χ4n) is 2.67. The molecule has 0 radical (unpaired) electrons. The SMILES string of the molecule is Cc1cc(C(=O)NCC2(CO)CCCC2)ccc1F. The number of hydrogen-bond acceptors (Lipinski definition) is 2. The first kappa shape index (κ1) is 14.0. The highest BCUT2D eigenvalue weighted by molar-refractivity contribution is 5.94. The number of halogens is 1. The van der Waals surface area contributed by atoms with Crippen LogP contribution in [0.4, 0.5) is 4.39 Å². The molecule has 0 unspecified atom stereocenters. The van der Waals surface area contributed by atoms with Crippen LogP contribution in [-0.4, -0.2) is 24.2 Å². The van der Waals surface area contributed by atoms with Gasteiger partial charge in [0, 0.05) is 17.5 Å². The Morgan fingerprint density at radius 3 is 2.68 bits per heavy atom. The van der Waals surface area contributed by atoms with Gasteiger partial charge in [-0.25, -0.2) is 4.39 Å². The molecule has 1 fully saturated rings. The van der Waals surface area contributed by atoms with Gasteiger partial charge in [-0.2, -0.15) is 0 Å². The van der Waals surface area contributed by atoms with Crippen molar-refractivity contribution >= 4 is 5.91 Å². The number of hydrogen-bond donors (Lipinski definition) is 2. The Hall–Kier alpha value is -1.42. The Balaban J connectivity index is 1.99. The summed E-state index contributed by atoms with van der Waals surface area (Å²) >= 11 is 0. The molecular weight excluding hydrogens is 245 g/mol. The van der Waals surface area contributed by atoms with E-state index in [-0.39, 0.29) is 23.7 Å². The lowest BCUT2D eigenvalue weighted by Gasteiger charge is -2.26. The van der Waals surface area contributed by atoms with Gasteiger partial charge in [0.2, 0.25) is 0 Å². The first-order valence-corrected chi connectivity index (χ1v) is 6.72. The molecule has 0 aromatic heterocycles. The normalized spacial score (nSPS) is 17.4. The lowest BCUT2D eigenvalue weighted by atomic mass is 9.87. The number of aliphatic hydroxyl groups is 1. The molecule has 0 saturated heterocycles. The monoisotopic (exact) mass is 265 g/mol. The van der Waals surface area contributed by atoms with Crippen molar-refractivity contribution in [2.45, 2.75) is 32.6 Å². The van der Waals surface area contributed by atoms with E-state index in [0.29, 0.717) is 17.7 Å². The molecule has 1 saturated carbocycles. The van der Waals surface area contributed by atoms with Crippen LogP contribution in [0.15, 0.2) is 18.2 Å². The van der Waals surface area contributed by atoms with Gasteiger partial charge in [0.25, 0.3) is 5.91 Å². The lowest BCUT2D eigenvalue weighted by Crippen LogP contribution is -2.38. The summed E-state index contributed by atoms with van der Waals surface area (Å²) in [7, 11) is 0. The highest BCUT2D eigenvalue weighted by atomic mass is 19.1. The van der Waals surface area contributed by atoms with E-state index in [1.54, 1.807) is 13.0 Å². The first-order chi connectivity index (χ1) is 9.06. The van der Waals surface area contributed by atoms with Crippen LogP contribution in [-0.2, 0) is 0 Å². The average Bonchev–Trinajstić information content (AvgIpc) is 2.89. The summed E-state index contributed by atoms with van der Waals surface area (Å²) in [5.41, 5.74) is 0.764. The molecule has 1 amide bonds. The number of carbonyl (C=O) groups excluding carboxylic acids is 1. The number of amides is 1. The summed E-state index contributed by atoms with van der Waals surface area (Å²) in [6.45, 7) is 2.23. The predicted octanol–water partition coefficient (Wildman–Crippen LogP) is 2.42. The van der Waals surface area contributed by atoms with E-state index in [1.165, 1.54) is 12.1 Å². The quantitative estimate of drug-likeness (QED) is 0.878. The van der Waals surface area contributed by atoms with Crippen LogP contribution in [0.1, 0.15) is 41.6 Å². The Bertz CT molecular complexity index is 467. The Labute approximate surface area is 112 Å². The lowest BCUT2D eigenvalue weighted by molar-refractivity contribution is 0.0880. The summed E-state index contributed by atoms with van der Waals surface area (Å²) in [6.07, 6.45) is 4.11. The maximum Gasteiger partial charge on any atom is 0.251 e. The molecule has 0 spiro atoms. The van der Waals surface area contributed by atoms with E-state index < -0.39 is 0 Å². The van der Waals surface area contributed by atoms with Crippen molar-refractivity contribution in [3.05, 3.63) is 35.1 Å². The van der Waals surface area contributed by atoms with Crippen molar-refractivity contribution in [2.24, 2.45) is 5.41 Å². The molecule has 2 rings (SSSR count). The minimum absolute atomic E-state index is 0.107. The standard InChI is InChI=1S/C15H20FNO2/c1-11-8-12(4-5-13(11)16)14(19)17-9-15(10-18)6-2-3-7-15/h4-5,8,18H,2-3,6-7,9-10H2,1H3,(H,17,19). The zero-order valence-corrected chi connectivity index (χ0v) is 11.2. The maximum atomic E-state index is 13.1. The van der Waals surface area contributed by atoms with E-state index in [4.69, 9.17) is 0 Å². The Kier molecular flexibility index (Phi) is 4.20. The van der Waals surface area contributed by atoms with E-state index in [0.717, 1.165) is 25.7 Å². The Morgan fingerprint density at radius 2 is 2.11 bits per heavy atom. The van der Waals surface area contributed by atoms with Crippen LogP contribution in [0.3, 0.4) is 0 Å². The number of nitrogens with one attached hydrogen (secondary N) is 1. The summed E-state index contributed by atoms with van der Waals surface area (Å²) in [5.74, 6) is -0.512. The Morgan fingerprint density at radius 1 is 1.42 bits per heavy atom. The second-order valence-electron chi connectivity index (χ2n) is 5.51. The summed E-state index contributed by atoms with van der Waals surface area (Å²) < 4.78 is 13.1. The molecule has 0 aliphatic heterocycles. The molecule has 19 heavy (non-hydrogen) atoms.